The number of pyridine rings is 1. The number of nitrogens with zero attached hydrogens (tertiary/aromatic N) is 3. The molecule has 1 N–H and O–H groups in total. The first-order valence-electron chi connectivity index (χ1n) is 8.22. The average molecular weight is 334 g/mol. The molecule has 0 saturated heterocycles. The maximum atomic E-state index is 12.7. The van der Waals surface area contributed by atoms with Crippen LogP contribution < -0.4 is 5.32 Å². The van der Waals surface area contributed by atoms with Crippen LogP contribution in [0.4, 0.5) is 5.95 Å². The van der Waals surface area contributed by atoms with Gasteiger partial charge in [-0.3, -0.25) is 9.55 Å². The Hall–Kier alpha value is -3.15. The van der Waals surface area contributed by atoms with Gasteiger partial charge in [-0.25, -0.2) is 9.78 Å². The third-order valence-corrected chi connectivity index (χ3v) is 4.35. The summed E-state index contributed by atoms with van der Waals surface area (Å²) in [7, 11) is 0. The number of carbonyl (C=O) groups is 1. The quantitative estimate of drug-likeness (QED) is 0.745. The highest BCUT2D eigenvalue weighted by atomic mass is 16.5. The lowest BCUT2D eigenvalue weighted by Gasteiger charge is -2.30. The van der Waals surface area contributed by atoms with Crippen LogP contribution in [0.5, 0.6) is 0 Å². The summed E-state index contributed by atoms with van der Waals surface area (Å²) in [5.41, 5.74) is 4.14. The molecule has 1 atom stereocenters. The summed E-state index contributed by atoms with van der Waals surface area (Å²) in [6.07, 6.45) is 3.46. The molecule has 1 aromatic carbocycles. The van der Waals surface area contributed by atoms with E-state index < -0.39 is 0 Å². The van der Waals surface area contributed by atoms with Gasteiger partial charge in [-0.15, -0.1) is 0 Å². The van der Waals surface area contributed by atoms with Crippen molar-refractivity contribution < 1.29 is 9.53 Å². The largest absolute Gasteiger partial charge is 0.463 e. The molecule has 0 amide bonds. The maximum absolute atomic E-state index is 12.7. The number of anilines is 1. The topological polar surface area (TPSA) is 69.0 Å². The van der Waals surface area contributed by atoms with Gasteiger partial charge in [0.15, 0.2) is 0 Å². The molecule has 126 valence electrons. The average Bonchev–Trinajstić information content (AvgIpc) is 2.99. The van der Waals surface area contributed by atoms with Gasteiger partial charge in [-0.05, 0) is 43.7 Å². The molecule has 0 spiro atoms. The van der Waals surface area contributed by atoms with Gasteiger partial charge in [0.2, 0.25) is 5.95 Å². The molecule has 1 aliphatic heterocycles. The van der Waals surface area contributed by atoms with Crippen LogP contribution in [-0.2, 0) is 9.53 Å². The molecular weight excluding hydrogens is 316 g/mol. The number of nitrogens with one attached hydrogen (secondary N) is 1. The third-order valence-electron chi connectivity index (χ3n) is 4.35. The fraction of sp³-hybridized carbons (Fsp3) is 0.211. The standard InChI is InChI=1S/C19H18N4O2/c1-3-25-18(24)16-12(2)21-19-22-14-6-4-5-7-15(14)23(19)17(16)13-8-10-20-11-9-13/h4-11,17H,3H2,1-2H3,(H,21,22)/t17-/m1/s1. The van der Waals surface area contributed by atoms with E-state index in [9.17, 15) is 4.79 Å². The van der Waals surface area contributed by atoms with Crippen LogP contribution in [0, 0.1) is 0 Å². The fourth-order valence-corrected chi connectivity index (χ4v) is 3.30. The first kappa shape index (κ1) is 15.4. The lowest BCUT2D eigenvalue weighted by Crippen LogP contribution is -2.29. The van der Waals surface area contributed by atoms with E-state index in [1.165, 1.54) is 0 Å². The van der Waals surface area contributed by atoms with Crippen molar-refractivity contribution in [2.75, 3.05) is 11.9 Å². The van der Waals surface area contributed by atoms with Crippen molar-refractivity contribution in [3.05, 3.63) is 65.6 Å². The van der Waals surface area contributed by atoms with Crippen LogP contribution in [0.25, 0.3) is 11.0 Å². The van der Waals surface area contributed by atoms with Crippen molar-refractivity contribution in [2.24, 2.45) is 0 Å². The Morgan fingerprint density at radius 3 is 2.76 bits per heavy atom. The van der Waals surface area contributed by atoms with E-state index in [-0.39, 0.29) is 12.0 Å². The monoisotopic (exact) mass is 334 g/mol. The van der Waals surface area contributed by atoms with Crippen molar-refractivity contribution in [2.45, 2.75) is 19.9 Å². The normalized spacial score (nSPS) is 16.5. The molecule has 25 heavy (non-hydrogen) atoms. The van der Waals surface area contributed by atoms with Crippen LogP contribution in [0.15, 0.2) is 60.1 Å². The summed E-state index contributed by atoms with van der Waals surface area (Å²) in [6, 6.07) is 11.4. The number of benzene rings is 1. The van der Waals surface area contributed by atoms with Gasteiger partial charge in [0.25, 0.3) is 0 Å². The molecule has 0 radical (unpaired) electrons. The van der Waals surface area contributed by atoms with Gasteiger partial charge in [0.05, 0.1) is 29.3 Å². The van der Waals surface area contributed by atoms with Crippen LogP contribution in [0.2, 0.25) is 0 Å². The van der Waals surface area contributed by atoms with E-state index in [0.717, 1.165) is 22.3 Å². The number of fused-ring (bicyclic) bond motifs is 3. The lowest BCUT2D eigenvalue weighted by atomic mass is 9.96. The predicted molar refractivity (Wildman–Crippen MR) is 95.1 cm³/mol. The summed E-state index contributed by atoms with van der Waals surface area (Å²) in [5, 5.41) is 3.25. The molecule has 2 aromatic heterocycles. The SMILES string of the molecule is CCOC(=O)C1=C(C)Nc2nc3ccccc3n2[C@@H]1c1ccncc1. The van der Waals surface area contributed by atoms with Gasteiger partial charge in [0, 0.05) is 18.1 Å². The number of carbonyl (C=O) groups excluding carboxylic acids is 1. The van der Waals surface area contributed by atoms with Gasteiger partial charge in [-0.1, -0.05) is 12.1 Å². The molecule has 0 saturated carbocycles. The zero-order valence-corrected chi connectivity index (χ0v) is 14.1. The number of rotatable bonds is 3. The second-order valence-corrected chi connectivity index (χ2v) is 5.86. The van der Waals surface area contributed by atoms with E-state index in [0.29, 0.717) is 18.1 Å². The Morgan fingerprint density at radius 2 is 2.00 bits per heavy atom. The second-order valence-electron chi connectivity index (χ2n) is 5.86. The van der Waals surface area contributed by atoms with Crippen LogP contribution in [-0.4, -0.2) is 27.1 Å². The van der Waals surface area contributed by atoms with Gasteiger partial charge < -0.3 is 10.1 Å². The molecule has 1 aliphatic rings. The summed E-state index contributed by atoms with van der Waals surface area (Å²) < 4.78 is 7.37. The summed E-state index contributed by atoms with van der Waals surface area (Å²) in [4.78, 5) is 21.5. The molecule has 0 aliphatic carbocycles. The summed E-state index contributed by atoms with van der Waals surface area (Å²) in [5.74, 6) is 0.395. The van der Waals surface area contributed by atoms with E-state index in [1.54, 1.807) is 12.4 Å². The smallest absolute Gasteiger partial charge is 0.338 e. The third kappa shape index (κ3) is 2.46. The first-order chi connectivity index (χ1) is 12.2. The lowest BCUT2D eigenvalue weighted by molar-refractivity contribution is -0.139. The van der Waals surface area contributed by atoms with E-state index >= 15 is 0 Å². The van der Waals surface area contributed by atoms with Crippen LogP contribution >= 0.6 is 0 Å². The van der Waals surface area contributed by atoms with E-state index in [2.05, 4.69) is 15.3 Å². The van der Waals surface area contributed by atoms with Crippen LogP contribution in [0.1, 0.15) is 25.5 Å². The number of aromatic nitrogens is 3. The van der Waals surface area contributed by atoms with Crippen molar-refractivity contribution in [3.8, 4) is 0 Å². The van der Waals surface area contributed by atoms with E-state index in [1.807, 2.05) is 54.8 Å². The number of esters is 1. The summed E-state index contributed by atoms with van der Waals surface area (Å²) >= 11 is 0. The van der Waals surface area contributed by atoms with Crippen molar-refractivity contribution in [1.29, 1.82) is 0 Å². The number of hydrogen-bond donors (Lipinski definition) is 1. The van der Waals surface area contributed by atoms with Gasteiger partial charge >= 0.3 is 5.97 Å². The molecule has 3 aromatic rings. The van der Waals surface area contributed by atoms with E-state index in [4.69, 9.17) is 4.74 Å². The first-order valence-corrected chi connectivity index (χ1v) is 8.22. The number of imidazole rings is 1. The summed E-state index contributed by atoms with van der Waals surface area (Å²) in [6.45, 7) is 4.02. The zero-order chi connectivity index (χ0) is 17.4. The molecule has 3 heterocycles. The Morgan fingerprint density at radius 1 is 1.24 bits per heavy atom. The molecule has 6 nitrogen and oxygen atoms in total. The molecule has 0 fully saturated rings. The Bertz CT molecular complexity index is 976. The number of allylic oxidation sites excluding steroid dienone is 1. The number of para-hydroxylation sites is 2. The highest BCUT2D eigenvalue weighted by Crippen LogP contribution is 2.39. The molecular formula is C19H18N4O2. The maximum Gasteiger partial charge on any atom is 0.338 e. The molecule has 6 heteroatoms. The predicted octanol–water partition coefficient (Wildman–Crippen LogP) is 3.28. The van der Waals surface area contributed by atoms with Crippen molar-refractivity contribution >= 4 is 23.0 Å². The number of ether oxygens (including phenoxy) is 1. The molecule has 0 bridgehead atoms. The van der Waals surface area contributed by atoms with Crippen molar-refractivity contribution in [1.82, 2.24) is 14.5 Å². The van der Waals surface area contributed by atoms with Crippen molar-refractivity contribution in [3.63, 3.8) is 0 Å². The minimum atomic E-state index is -0.322. The zero-order valence-electron chi connectivity index (χ0n) is 14.1. The highest BCUT2D eigenvalue weighted by Gasteiger charge is 2.34. The number of hydrogen-bond acceptors (Lipinski definition) is 5. The molecule has 0 unspecified atom stereocenters. The van der Waals surface area contributed by atoms with Gasteiger partial charge in [0.1, 0.15) is 0 Å². The molecule has 4 rings (SSSR count). The Kier molecular flexibility index (Phi) is 3.72. The highest BCUT2D eigenvalue weighted by molar-refractivity contribution is 5.94. The minimum Gasteiger partial charge on any atom is -0.463 e. The van der Waals surface area contributed by atoms with Crippen LogP contribution in [0.3, 0.4) is 0 Å². The fourth-order valence-electron chi connectivity index (χ4n) is 3.30. The van der Waals surface area contributed by atoms with Gasteiger partial charge in [-0.2, -0.15) is 0 Å². The Balaban J connectivity index is 1.98. The second kappa shape index (κ2) is 6.05. The minimum absolute atomic E-state index is 0.314. The Labute approximate surface area is 145 Å².